The molecule has 3 aromatic rings. The summed E-state index contributed by atoms with van der Waals surface area (Å²) in [7, 11) is 1.50. The Bertz CT molecular complexity index is 1270. The first-order valence-electron chi connectivity index (χ1n) is 11.6. The van der Waals surface area contributed by atoms with E-state index in [1.807, 2.05) is 42.5 Å². The molecule has 1 N–H and O–H groups in total. The lowest BCUT2D eigenvalue weighted by molar-refractivity contribution is -0.134. The van der Waals surface area contributed by atoms with E-state index in [1.165, 1.54) is 11.9 Å². The highest BCUT2D eigenvalue weighted by atomic mass is 35.5. The minimum Gasteiger partial charge on any atom is -0.444 e. The molecule has 190 valence electrons. The number of nitrogens with one attached hydrogen (secondary N) is 1. The van der Waals surface area contributed by atoms with Crippen molar-refractivity contribution in [1.29, 1.82) is 0 Å². The molecule has 0 aliphatic heterocycles. The Kier molecular flexibility index (Phi) is 8.64. The Morgan fingerprint density at radius 3 is 2.11 bits per heavy atom. The Hall–Kier alpha value is -3.09. The van der Waals surface area contributed by atoms with Crippen molar-refractivity contribution in [1.82, 2.24) is 10.2 Å². The number of carbonyl (C=O) groups excluding carboxylic acids is 3. The molecule has 2 amide bonds. The Balaban J connectivity index is 2.20. The topological polar surface area (TPSA) is 75.7 Å². The molecule has 0 saturated carbocycles. The van der Waals surface area contributed by atoms with Crippen molar-refractivity contribution in [2.75, 3.05) is 13.6 Å². The molecule has 0 bridgehead atoms. The molecule has 0 aliphatic carbocycles. The largest absolute Gasteiger partial charge is 0.444 e. The molecule has 36 heavy (non-hydrogen) atoms. The van der Waals surface area contributed by atoms with E-state index in [1.54, 1.807) is 39.0 Å². The molecule has 0 fully saturated rings. The Morgan fingerprint density at radius 1 is 0.917 bits per heavy atom. The van der Waals surface area contributed by atoms with E-state index >= 15 is 0 Å². The van der Waals surface area contributed by atoms with Gasteiger partial charge in [0.15, 0.2) is 0 Å². The number of hydrogen-bond donors (Lipinski definition) is 1. The van der Waals surface area contributed by atoms with E-state index in [0.29, 0.717) is 21.9 Å². The number of halogens is 2. The van der Waals surface area contributed by atoms with Crippen LogP contribution in [0, 0.1) is 0 Å². The lowest BCUT2D eigenvalue weighted by Crippen LogP contribution is -2.64. The summed E-state index contributed by atoms with van der Waals surface area (Å²) < 4.78 is 5.64. The lowest BCUT2D eigenvalue weighted by atomic mass is 9.81. The van der Waals surface area contributed by atoms with Gasteiger partial charge in [-0.2, -0.15) is 0 Å². The van der Waals surface area contributed by atoms with Crippen molar-refractivity contribution < 1.29 is 19.1 Å². The predicted molar refractivity (Wildman–Crippen MR) is 144 cm³/mol. The number of fused-ring (bicyclic) bond motifs is 1. The molecule has 1 atom stereocenters. The van der Waals surface area contributed by atoms with E-state index in [-0.39, 0.29) is 19.4 Å². The van der Waals surface area contributed by atoms with E-state index in [9.17, 15) is 14.4 Å². The van der Waals surface area contributed by atoms with Gasteiger partial charge in [-0.3, -0.25) is 9.69 Å². The molecular formula is C28H30Cl2N2O4. The fourth-order valence-corrected chi connectivity index (χ4v) is 4.58. The summed E-state index contributed by atoms with van der Waals surface area (Å²) in [6.45, 7) is 4.85. The molecule has 6 nitrogen and oxygen atoms in total. The van der Waals surface area contributed by atoms with Crippen LogP contribution in [0.5, 0.6) is 0 Å². The zero-order valence-corrected chi connectivity index (χ0v) is 22.3. The summed E-state index contributed by atoms with van der Waals surface area (Å²) >= 11 is 12.4. The van der Waals surface area contributed by atoms with Gasteiger partial charge in [0.2, 0.25) is 5.91 Å². The summed E-state index contributed by atoms with van der Waals surface area (Å²) in [5.41, 5.74) is -0.846. The van der Waals surface area contributed by atoms with Crippen molar-refractivity contribution in [3.63, 3.8) is 0 Å². The first-order chi connectivity index (χ1) is 17.0. The third-order valence-corrected chi connectivity index (χ3v) is 6.57. The van der Waals surface area contributed by atoms with Crippen molar-refractivity contribution in [3.8, 4) is 0 Å². The third kappa shape index (κ3) is 6.37. The van der Waals surface area contributed by atoms with Crippen LogP contribution in [0.15, 0.2) is 60.7 Å². The minimum absolute atomic E-state index is 0.0729. The molecule has 8 heteroatoms. The van der Waals surface area contributed by atoms with Gasteiger partial charge in [-0.15, -0.1) is 0 Å². The smallest absolute Gasteiger partial charge is 0.411 e. The highest BCUT2D eigenvalue weighted by molar-refractivity contribution is 6.42. The van der Waals surface area contributed by atoms with Crippen LogP contribution in [-0.2, 0) is 27.2 Å². The summed E-state index contributed by atoms with van der Waals surface area (Å²) in [4.78, 5) is 40.2. The van der Waals surface area contributed by atoms with Gasteiger partial charge in [0, 0.05) is 19.9 Å². The zero-order chi connectivity index (χ0) is 26.5. The van der Waals surface area contributed by atoms with Crippen molar-refractivity contribution >= 4 is 52.3 Å². The predicted octanol–water partition coefficient (Wildman–Crippen LogP) is 5.85. The van der Waals surface area contributed by atoms with Crippen LogP contribution in [0.25, 0.3) is 10.8 Å². The van der Waals surface area contributed by atoms with Gasteiger partial charge in [0.05, 0.1) is 16.6 Å². The zero-order valence-electron chi connectivity index (χ0n) is 20.8. The van der Waals surface area contributed by atoms with Gasteiger partial charge < -0.3 is 14.8 Å². The van der Waals surface area contributed by atoms with Crippen LogP contribution in [0.3, 0.4) is 0 Å². The first kappa shape index (κ1) is 27.5. The molecule has 0 radical (unpaired) electrons. The molecule has 0 aliphatic rings. The number of rotatable bonds is 8. The van der Waals surface area contributed by atoms with Gasteiger partial charge in [0.25, 0.3) is 0 Å². The molecule has 0 spiro atoms. The number of benzene rings is 3. The minimum atomic E-state index is -1.50. The number of carbonyl (C=O) groups is 3. The molecular weight excluding hydrogens is 499 g/mol. The van der Waals surface area contributed by atoms with Crippen LogP contribution in [0.4, 0.5) is 4.79 Å². The second-order valence-electron chi connectivity index (χ2n) is 9.65. The Labute approximate surface area is 221 Å². The lowest BCUT2D eigenvalue weighted by Gasteiger charge is -2.42. The molecule has 3 rings (SSSR count). The van der Waals surface area contributed by atoms with Crippen LogP contribution < -0.4 is 5.32 Å². The highest BCUT2D eigenvalue weighted by Gasteiger charge is 2.47. The molecule has 3 aromatic carbocycles. The number of ether oxygens (including phenoxy) is 1. The van der Waals surface area contributed by atoms with E-state index in [0.717, 1.165) is 16.3 Å². The number of aldehydes is 1. The third-order valence-electron chi connectivity index (χ3n) is 5.83. The maximum Gasteiger partial charge on any atom is 0.411 e. The van der Waals surface area contributed by atoms with E-state index in [4.69, 9.17) is 27.9 Å². The summed E-state index contributed by atoms with van der Waals surface area (Å²) in [6.07, 6.45) is 0.0320. The van der Waals surface area contributed by atoms with E-state index < -0.39 is 23.1 Å². The number of hydrogen-bond acceptors (Lipinski definition) is 4. The van der Waals surface area contributed by atoms with Crippen LogP contribution in [-0.4, -0.2) is 47.9 Å². The maximum atomic E-state index is 13.7. The van der Waals surface area contributed by atoms with Crippen molar-refractivity contribution in [2.45, 2.75) is 44.8 Å². The van der Waals surface area contributed by atoms with E-state index in [2.05, 4.69) is 5.32 Å². The average Bonchev–Trinajstić information content (AvgIpc) is 2.82. The SMILES string of the molecule is CNC(=O)C(Cc1ccc(Cl)c(Cl)c1)(Cc1ccc2ccccc2c1)N(CC=O)C(=O)OC(C)(C)C. The number of amides is 2. The molecule has 0 aromatic heterocycles. The summed E-state index contributed by atoms with van der Waals surface area (Å²) in [5, 5.41) is 5.44. The quantitative estimate of drug-likeness (QED) is 0.372. The summed E-state index contributed by atoms with van der Waals surface area (Å²) in [6, 6.07) is 18.8. The second-order valence-corrected chi connectivity index (χ2v) is 10.5. The average molecular weight is 529 g/mol. The van der Waals surface area contributed by atoms with Gasteiger partial charge in [-0.1, -0.05) is 71.7 Å². The number of likely N-dealkylation sites (N-methyl/N-ethyl adjacent to an activating group) is 1. The second kappa shape index (κ2) is 11.3. The van der Waals surface area contributed by atoms with Gasteiger partial charge in [0.1, 0.15) is 17.4 Å². The molecule has 1 unspecified atom stereocenters. The van der Waals surface area contributed by atoms with Gasteiger partial charge in [-0.05, 0) is 54.8 Å². The Morgan fingerprint density at radius 2 is 1.53 bits per heavy atom. The first-order valence-corrected chi connectivity index (χ1v) is 12.3. The van der Waals surface area contributed by atoms with Crippen LogP contribution in [0.1, 0.15) is 31.9 Å². The van der Waals surface area contributed by atoms with Gasteiger partial charge in [-0.25, -0.2) is 4.79 Å². The van der Waals surface area contributed by atoms with Crippen molar-refractivity contribution in [2.24, 2.45) is 0 Å². The maximum absolute atomic E-state index is 13.7. The normalized spacial score (nSPS) is 13.1. The molecule has 0 saturated heterocycles. The molecule has 0 heterocycles. The number of nitrogens with zero attached hydrogens (tertiary/aromatic N) is 1. The fourth-order valence-electron chi connectivity index (χ4n) is 4.26. The highest BCUT2D eigenvalue weighted by Crippen LogP contribution is 2.32. The standard InChI is InChI=1S/C28H30Cl2N2O4/c1-27(2,3)36-26(35)32(13-14-33)28(25(34)31-4,18-20-10-12-23(29)24(30)16-20)17-19-9-11-21-7-5-6-8-22(21)15-19/h5-12,14-16H,13,17-18H2,1-4H3,(H,31,34). The summed E-state index contributed by atoms with van der Waals surface area (Å²) in [5.74, 6) is -0.436. The fraction of sp³-hybridized carbons (Fsp3) is 0.321. The van der Waals surface area contributed by atoms with Gasteiger partial charge >= 0.3 is 6.09 Å². The van der Waals surface area contributed by atoms with Crippen LogP contribution in [0.2, 0.25) is 10.0 Å². The van der Waals surface area contributed by atoms with Crippen molar-refractivity contribution in [3.05, 3.63) is 81.8 Å². The monoisotopic (exact) mass is 528 g/mol. The van der Waals surface area contributed by atoms with Crippen LogP contribution >= 0.6 is 23.2 Å².